The number of amides is 1. The van der Waals surface area contributed by atoms with Crippen molar-refractivity contribution >= 4 is 29.3 Å². The first-order chi connectivity index (χ1) is 12.1. The van der Waals surface area contributed by atoms with E-state index in [0.717, 1.165) is 33.9 Å². The van der Waals surface area contributed by atoms with Crippen molar-refractivity contribution in [1.29, 1.82) is 0 Å². The molecule has 25 heavy (non-hydrogen) atoms. The van der Waals surface area contributed by atoms with Crippen LogP contribution in [0.25, 0.3) is 0 Å². The van der Waals surface area contributed by atoms with Crippen LogP contribution >= 0.6 is 23.4 Å². The van der Waals surface area contributed by atoms with Crippen molar-refractivity contribution < 1.29 is 13.9 Å². The molecular formula is C19H17ClFNO2S. The number of hydrogen-bond acceptors (Lipinski definition) is 3. The molecule has 6 heteroatoms. The molecule has 0 spiro atoms. The van der Waals surface area contributed by atoms with Gasteiger partial charge in [0.05, 0.1) is 12.0 Å². The van der Waals surface area contributed by atoms with Crippen molar-refractivity contribution in [3.05, 3.63) is 58.4 Å². The Bertz CT molecular complexity index is 829. The number of benzene rings is 2. The summed E-state index contributed by atoms with van der Waals surface area (Å²) in [5.74, 6) is 1.10. The van der Waals surface area contributed by atoms with E-state index < -0.39 is 0 Å². The third-order valence-electron chi connectivity index (χ3n) is 4.63. The Morgan fingerprint density at radius 3 is 3.04 bits per heavy atom. The molecule has 1 N–H and O–H groups in total. The third-order valence-corrected chi connectivity index (χ3v) is 5.99. The van der Waals surface area contributed by atoms with Crippen molar-refractivity contribution in [3.63, 3.8) is 0 Å². The normalized spacial score (nSPS) is 21.7. The molecule has 2 heterocycles. The van der Waals surface area contributed by atoms with Gasteiger partial charge < -0.3 is 10.1 Å². The smallest absolute Gasteiger partial charge is 0.227 e. The highest BCUT2D eigenvalue weighted by Crippen LogP contribution is 2.37. The van der Waals surface area contributed by atoms with Gasteiger partial charge in [-0.25, -0.2) is 4.39 Å². The maximum Gasteiger partial charge on any atom is 0.227 e. The fourth-order valence-corrected chi connectivity index (χ4v) is 4.64. The molecule has 1 amide bonds. The van der Waals surface area contributed by atoms with E-state index in [1.807, 2.05) is 12.1 Å². The van der Waals surface area contributed by atoms with E-state index in [4.69, 9.17) is 16.3 Å². The standard InChI is InChI=1S/C19H17ClFNO2S/c20-13-1-3-17-11(8-13)7-12(10-24-17)19(23)22-16-5-6-25-18-4-2-14(21)9-15(16)18/h1-4,8-9,12,16H,5-7,10H2,(H,22,23). The molecule has 0 bridgehead atoms. The second-order valence-electron chi connectivity index (χ2n) is 6.34. The quantitative estimate of drug-likeness (QED) is 0.843. The van der Waals surface area contributed by atoms with E-state index in [1.165, 1.54) is 12.1 Å². The minimum atomic E-state index is -0.273. The average Bonchev–Trinajstić information content (AvgIpc) is 2.61. The first-order valence-corrected chi connectivity index (χ1v) is 9.60. The molecule has 0 aromatic heterocycles. The topological polar surface area (TPSA) is 38.3 Å². The van der Waals surface area contributed by atoms with Crippen LogP contribution in [0.1, 0.15) is 23.6 Å². The highest BCUT2D eigenvalue weighted by molar-refractivity contribution is 7.99. The van der Waals surface area contributed by atoms with Crippen molar-refractivity contribution in [2.24, 2.45) is 5.92 Å². The molecule has 2 aliphatic rings. The van der Waals surface area contributed by atoms with Gasteiger partial charge in [-0.3, -0.25) is 4.79 Å². The van der Waals surface area contributed by atoms with Gasteiger partial charge in [0.25, 0.3) is 0 Å². The van der Waals surface area contributed by atoms with Gasteiger partial charge in [-0.15, -0.1) is 11.8 Å². The van der Waals surface area contributed by atoms with E-state index in [2.05, 4.69) is 5.32 Å². The molecule has 0 radical (unpaired) electrons. The van der Waals surface area contributed by atoms with E-state index in [-0.39, 0.29) is 23.7 Å². The van der Waals surface area contributed by atoms with Crippen LogP contribution in [0.5, 0.6) is 5.75 Å². The summed E-state index contributed by atoms with van der Waals surface area (Å²) in [5.41, 5.74) is 1.81. The predicted molar refractivity (Wildman–Crippen MR) is 96.8 cm³/mol. The molecule has 130 valence electrons. The van der Waals surface area contributed by atoms with Gasteiger partial charge >= 0.3 is 0 Å². The van der Waals surface area contributed by atoms with Gasteiger partial charge in [0, 0.05) is 15.7 Å². The molecule has 2 aromatic carbocycles. The number of fused-ring (bicyclic) bond motifs is 2. The number of carbonyl (C=O) groups is 1. The van der Waals surface area contributed by atoms with E-state index in [9.17, 15) is 9.18 Å². The molecule has 4 rings (SSSR count). The largest absolute Gasteiger partial charge is 0.492 e. The molecule has 2 aromatic rings. The number of hydrogen-bond donors (Lipinski definition) is 1. The minimum Gasteiger partial charge on any atom is -0.492 e. The fraction of sp³-hybridized carbons (Fsp3) is 0.316. The van der Waals surface area contributed by atoms with Gasteiger partial charge in [0.15, 0.2) is 0 Å². The van der Waals surface area contributed by atoms with Gasteiger partial charge in [0.1, 0.15) is 18.2 Å². The van der Waals surface area contributed by atoms with Gasteiger partial charge in [-0.2, -0.15) is 0 Å². The summed E-state index contributed by atoms with van der Waals surface area (Å²) in [4.78, 5) is 13.8. The Balaban J connectivity index is 1.49. The molecule has 3 nitrogen and oxygen atoms in total. The molecule has 2 atom stereocenters. The monoisotopic (exact) mass is 377 g/mol. The third kappa shape index (κ3) is 3.48. The zero-order valence-electron chi connectivity index (χ0n) is 13.4. The molecule has 0 saturated carbocycles. The lowest BCUT2D eigenvalue weighted by Crippen LogP contribution is -2.40. The van der Waals surface area contributed by atoms with Crippen LogP contribution in [0.3, 0.4) is 0 Å². The van der Waals surface area contributed by atoms with E-state index in [0.29, 0.717) is 18.1 Å². The Morgan fingerprint density at radius 1 is 1.28 bits per heavy atom. The zero-order chi connectivity index (χ0) is 17.4. The number of ether oxygens (including phenoxy) is 1. The molecule has 0 fully saturated rings. The van der Waals surface area contributed by atoms with Crippen LogP contribution in [0.15, 0.2) is 41.3 Å². The summed E-state index contributed by atoms with van der Waals surface area (Å²) < 4.78 is 19.3. The minimum absolute atomic E-state index is 0.0577. The van der Waals surface area contributed by atoms with Crippen molar-refractivity contribution in [3.8, 4) is 5.75 Å². The van der Waals surface area contributed by atoms with Crippen LogP contribution in [-0.4, -0.2) is 18.3 Å². The van der Waals surface area contributed by atoms with Gasteiger partial charge in [-0.05, 0) is 60.4 Å². The lowest BCUT2D eigenvalue weighted by Gasteiger charge is -2.29. The molecule has 2 unspecified atom stereocenters. The lowest BCUT2D eigenvalue weighted by atomic mass is 9.95. The summed E-state index contributed by atoms with van der Waals surface area (Å²) in [6, 6.07) is 10.1. The maximum absolute atomic E-state index is 13.6. The lowest BCUT2D eigenvalue weighted by molar-refractivity contribution is -0.127. The van der Waals surface area contributed by atoms with E-state index in [1.54, 1.807) is 23.9 Å². The van der Waals surface area contributed by atoms with Gasteiger partial charge in [-0.1, -0.05) is 11.6 Å². The molecule has 0 aliphatic carbocycles. The van der Waals surface area contributed by atoms with Crippen molar-refractivity contribution in [2.75, 3.05) is 12.4 Å². The second-order valence-corrected chi connectivity index (χ2v) is 7.92. The Morgan fingerprint density at radius 2 is 2.16 bits per heavy atom. The van der Waals surface area contributed by atoms with Crippen molar-refractivity contribution in [1.82, 2.24) is 5.32 Å². The Kier molecular flexibility index (Phi) is 4.61. The van der Waals surface area contributed by atoms with Gasteiger partial charge in [0.2, 0.25) is 5.91 Å². The van der Waals surface area contributed by atoms with Crippen LogP contribution in [0.4, 0.5) is 4.39 Å². The van der Waals surface area contributed by atoms with Crippen molar-refractivity contribution in [2.45, 2.75) is 23.8 Å². The molecule has 2 aliphatic heterocycles. The number of rotatable bonds is 2. The maximum atomic E-state index is 13.6. The Hall–Kier alpha value is -1.72. The fourth-order valence-electron chi connectivity index (χ4n) is 3.34. The second kappa shape index (κ2) is 6.89. The van der Waals surface area contributed by atoms with Crippen LogP contribution in [0, 0.1) is 11.7 Å². The highest BCUT2D eigenvalue weighted by Gasteiger charge is 2.30. The first-order valence-electron chi connectivity index (χ1n) is 8.24. The number of halogens is 2. The molecular weight excluding hydrogens is 361 g/mol. The van der Waals surface area contributed by atoms with E-state index >= 15 is 0 Å². The highest BCUT2D eigenvalue weighted by atomic mass is 35.5. The summed E-state index contributed by atoms with van der Waals surface area (Å²) >= 11 is 7.74. The van der Waals surface area contributed by atoms with Crippen LogP contribution in [-0.2, 0) is 11.2 Å². The number of thioether (sulfide) groups is 1. The summed E-state index contributed by atoms with van der Waals surface area (Å²) in [5, 5.41) is 3.72. The summed E-state index contributed by atoms with van der Waals surface area (Å²) in [6.07, 6.45) is 1.39. The summed E-state index contributed by atoms with van der Waals surface area (Å²) in [7, 11) is 0. The molecule has 0 saturated heterocycles. The Labute approximate surface area is 154 Å². The summed E-state index contributed by atoms with van der Waals surface area (Å²) in [6.45, 7) is 0.345. The SMILES string of the molecule is O=C(NC1CCSc2ccc(F)cc21)C1COc2ccc(Cl)cc2C1. The average molecular weight is 378 g/mol. The predicted octanol–water partition coefficient (Wildman–Crippen LogP) is 4.38. The zero-order valence-corrected chi connectivity index (χ0v) is 15.0. The van der Waals surface area contributed by atoms with Crippen LogP contribution in [0.2, 0.25) is 5.02 Å². The number of carbonyl (C=O) groups excluding carboxylic acids is 1. The number of nitrogens with one attached hydrogen (secondary N) is 1. The first kappa shape index (κ1) is 16.7. The van der Waals surface area contributed by atoms with Crippen LogP contribution < -0.4 is 10.1 Å².